The van der Waals surface area contributed by atoms with Crippen molar-refractivity contribution in [2.45, 2.75) is 38.4 Å². The van der Waals surface area contributed by atoms with Crippen LogP contribution in [0.25, 0.3) is 0 Å². The first-order chi connectivity index (χ1) is 8.42. The molecule has 0 spiro atoms. The third-order valence-corrected chi connectivity index (χ3v) is 3.43. The Kier molecular flexibility index (Phi) is 2.89. The van der Waals surface area contributed by atoms with Crippen LogP contribution < -0.4 is 0 Å². The van der Waals surface area contributed by atoms with Gasteiger partial charge in [-0.2, -0.15) is 0 Å². The molecule has 1 heterocycles. The van der Waals surface area contributed by atoms with Gasteiger partial charge < -0.3 is 9.47 Å². The van der Waals surface area contributed by atoms with Gasteiger partial charge in [0.25, 0.3) is 5.79 Å². The topological polar surface area (TPSA) is 52.6 Å². The molecule has 0 aromatic heterocycles. The van der Waals surface area contributed by atoms with Crippen LogP contribution in [-0.4, -0.2) is 17.7 Å². The molecule has 0 saturated carbocycles. The molecule has 1 fully saturated rings. The van der Waals surface area contributed by atoms with Crippen LogP contribution in [0.2, 0.25) is 0 Å². The van der Waals surface area contributed by atoms with Crippen molar-refractivity contribution in [3.05, 3.63) is 35.9 Å². The molecule has 0 radical (unpaired) electrons. The van der Waals surface area contributed by atoms with Crippen molar-refractivity contribution >= 4 is 11.9 Å². The van der Waals surface area contributed by atoms with Crippen LogP contribution in [0.15, 0.2) is 30.3 Å². The Balaban J connectivity index is 2.41. The summed E-state index contributed by atoms with van der Waals surface area (Å²) in [5.41, 5.74) is -0.797. The van der Waals surface area contributed by atoms with Gasteiger partial charge in [-0.1, -0.05) is 37.3 Å². The summed E-state index contributed by atoms with van der Waals surface area (Å²) in [6.07, 6.45) is 0.426. The van der Waals surface area contributed by atoms with Crippen molar-refractivity contribution in [1.29, 1.82) is 0 Å². The van der Waals surface area contributed by atoms with E-state index < -0.39 is 23.1 Å². The zero-order valence-electron chi connectivity index (χ0n) is 10.7. The Morgan fingerprint density at radius 3 is 1.94 bits per heavy atom. The molecular formula is C14H16O4. The van der Waals surface area contributed by atoms with Gasteiger partial charge in [-0.25, -0.2) is 0 Å². The van der Waals surface area contributed by atoms with Gasteiger partial charge in [0.05, 0.1) is 0 Å². The molecule has 1 aromatic carbocycles. The first kappa shape index (κ1) is 12.6. The Morgan fingerprint density at radius 1 is 1.00 bits per heavy atom. The number of carbonyl (C=O) groups is 2. The standard InChI is InChI=1S/C14H16O4/c1-4-13(2)17-11(15)14(3,12(16)18-13)10-8-6-5-7-9-10/h5-9H,4H2,1-3H3. The molecule has 18 heavy (non-hydrogen) atoms. The largest absolute Gasteiger partial charge is 0.422 e. The fourth-order valence-corrected chi connectivity index (χ4v) is 1.85. The van der Waals surface area contributed by atoms with Crippen molar-refractivity contribution in [2.75, 3.05) is 0 Å². The van der Waals surface area contributed by atoms with Gasteiger partial charge in [-0.3, -0.25) is 9.59 Å². The number of cyclic esters (lactones) is 2. The van der Waals surface area contributed by atoms with E-state index in [9.17, 15) is 9.59 Å². The van der Waals surface area contributed by atoms with Crippen LogP contribution in [0.4, 0.5) is 0 Å². The quantitative estimate of drug-likeness (QED) is 0.594. The molecule has 96 valence electrons. The Morgan fingerprint density at radius 2 is 1.50 bits per heavy atom. The van der Waals surface area contributed by atoms with E-state index in [0.29, 0.717) is 12.0 Å². The lowest BCUT2D eigenvalue weighted by atomic mass is 9.81. The maximum Gasteiger partial charge on any atom is 0.331 e. The molecule has 0 atom stereocenters. The summed E-state index contributed by atoms with van der Waals surface area (Å²) in [5, 5.41) is 0. The van der Waals surface area contributed by atoms with Crippen molar-refractivity contribution < 1.29 is 19.1 Å². The van der Waals surface area contributed by atoms with E-state index in [4.69, 9.17) is 9.47 Å². The Bertz CT molecular complexity index is 460. The smallest absolute Gasteiger partial charge is 0.331 e. The van der Waals surface area contributed by atoms with Crippen molar-refractivity contribution in [2.24, 2.45) is 0 Å². The maximum atomic E-state index is 12.2. The first-order valence-electron chi connectivity index (χ1n) is 5.95. The highest BCUT2D eigenvalue weighted by molar-refractivity contribution is 6.07. The monoisotopic (exact) mass is 248 g/mol. The van der Waals surface area contributed by atoms with E-state index in [0.717, 1.165) is 0 Å². The van der Waals surface area contributed by atoms with E-state index in [-0.39, 0.29) is 0 Å². The summed E-state index contributed by atoms with van der Waals surface area (Å²) >= 11 is 0. The van der Waals surface area contributed by atoms with Gasteiger partial charge in [-0.05, 0) is 12.5 Å². The molecule has 4 nitrogen and oxygen atoms in total. The number of esters is 2. The highest BCUT2D eigenvalue weighted by Crippen LogP contribution is 2.36. The van der Waals surface area contributed by atoms with E-state index in [2.05, 4.69) is 0 Å². The van der Waals surface area contributed by atoms with Crippen LogP contribution in [0.1, 0.15) is 32.8 Å². The van der Waals surface area contributed by atoms with Crippen LogP contribution in [-0.2, 0) is 24.5 Å². The number of ether oxygens (including phenoxy) is 2. The van der Waals surface area contributed by atoms with Gasteiger partial charge in [-0.15, -0.1) is 0 Å². The summed E-state index contributed by atoms with van der Waals surface area (Å²) in [6.45, 7) is 4.92. The average molecular weight is 248 g/mol. The molecular weight excluding hydrogens is 232 g/mol. The normalized spacial score (nSPS) is 31.7. The van der Waals surface area contributed by atoms with E-state index >= 15 is 0 Å². The summed E-state index contributed by atoms with van der Waals surface area (Å²) in [4.78, 5) is 24.4. The SMILES string of the molecule is CCC1(C)OC(=O)C(C)(c2ccccc2)C(=O)O1. The highest BCUT2D eigenvalue weighted by atomic mass is 16.7. The van der Waals surface area contributed by atoms with Gasteiger partial charge in [0.2, 0.25) is 0 Å². The number of hydrogen-bond acceptors (Lipinski definition) is 4. The average Bonchev–Trinajstić information content (AvgIpc) is 2.37. The van der Waals surface area contributed by atoms with Gasteiger partial charge >= 0.3 is 11.9 Å². The Hall–Kier alpha value is -1.84. The fraction of sp³-hybridized carbons (Fsp3) is 0.429. The van der Waals surface area contributed by atoms with Gasteiger partial charge in [0, 0.05) is 13.3 Å². The summed E-state index contributed by atoms with van der Waals surface area (Å²) < 4.78 is 10.6. The maximum absolute atomic E-state index is 12.2. The highest BCUT2D eigenvalue weighted by Gasteiger charge is 2.54. The molecule has 0 unspecified atom stereocenters. The van der Waals surface area contributed by atoms with E-state index in [1.807, 2.05) is 6.07 Å². The van der Waals surface area contributed by atoms with Crippen molar-refractivity contribution in [1.82, 2.24) is 0 Å². The molecule has 0 N–H and O–H groups in total. The van der Waals surface area contributed by atoms with Crippen LogP contribution >= 0.6 is 0 Å². The summed E-state index contributed by atoms with van der Waals surface area (Å²) in [5.74, 6) is -2.27. The van der Waals surface area contributed by atoms with Gasteiger partial charge in [0.15, 0.2) is 5.41 Å². The van der Waals surface area contributed by atoms with Crippen LogP contribution in [0, 0.1) is 0 Å². The summed E-state index contributed by atoms with van der Waals surface area (Å²) in [7, 11) is 0. The number of carbonyl (C=O) groups excluding carboxylic acids is 2. The molecule has 1 saturated heterocycles. The Labute approximate surface area is 106 Å². The molecule has 1 aromatic rings. The third kappa shape index (κ3) is 1.78. The number of hydrogen-bond donors (Lipinski definition) is 0. The lowest BCUT2D eigenvalue weighted by Gasteiger charge is -2.39. The van der Waals surface area contributed by atoms with E-state index in [1.54, 1.807) is 38.1 Å². The number of benzene rings is 1. The second-order valence-electron chi connectivity index (χ2n) is 4.76. The minimum absolute atomic E-state index is 0.426. The molecule has 1 aliphatic rings. The van der Waals surface area contributed by atoms with E-state index in [1.165, 1.54) is 6.92 Å². The molecule has 1 aliphatic heterocycles. The minimum atomic E-state index is -1.38. The zero-order chi connectivity index (χ0) is 13.4. The predicted molar refractivity (Wildman–Crippen MR) is 64.7 cm³/mol. The third-order valence-electron chi connectivity index (χ3n) is 3.43. The van der Waals surface area contributed by atoms with Gasteiger partial charge in [0.1, 0.15) is 0 Å². The lowest BCUT2D eigenvalue weighted by Crippen LogP contribution is -2.55. The van der Waals surface area contributed by atoms with Crippen molar-refractivity contribution in [3.63, 3.8) is 0 Å². The van der Waals surface area contributed by atoms with Crippen LogP contribution in [0.5, 0.6) is 0 Å². The lowest BCUT2D eigenvalue weighted by molar-refractivity contribution is -0.249. The minimum Gasteiger partial charge on any atom is -0.422 e. The first-order valence-corrected chi connectivity index (χ1v) is 5.95. The molecule has 4 heteroatoms. The van der Waals surface area contributed by atoms with Crippen LogP contribution in [0.3, 0.4) is 0 Å². The molecule has 0 aliphatic carbocycles. The fourth-order valence-electron chi connectivity index (χ4n) is 1.85. The second-order valence-corrected chi connectivity index (χ2v) is 4.76. The molecule has 0 bridgehead atoms. The number of rotatable bonds is 2. The predicted octanol–water partition coefficient (Wildman–Crippen LogP) is 2.17. The molecule has 0 amide bonds. The second kappa shape index (κ2) is 4.12. The van der Waals surface area contributed by atoms with Crippen molar-refractivity contribution in [3.8, 4) is 0 Å². The molecule has 2 rings (SSSR count). The zero-order valence-corrected chi connectivity index (χ0v) is 10.7. The summed E-state index contributed by atoms with van der Waals surface area (Å²) in [6, 6.07) is 8.81.